The lowest BCUT2D eigenvalue weighted by molar-refractivity contribution is 0.302. The van der Waals surface area contributed by atoms with Gasteiger partial charge < -0.3 is 21.1 Å². The fraction of sp³-hybridized carbons (Fsp3) is 0.294. The van der Waals surface area contributed by atoms with E-state index < -0.39 is 0 Å². The SMILES string of the molecule is CCN(CCO)c1ccc(NCc2ccccc2N)cc1. The van der Waals surface area contributed by atoms with Crippen LogP contribution in [0.3, 0.4) is 0 Å². The number of para-hydroxylation sites is 1. The smallest absolute Gasteiger partial charge is 0.0606 e. The van der Waals surface area contributed by atoms with E-state index in [1.165, 1.54) is 0 Å². The van der Waals surface area contributed by atoms with Crippen molar-refractivity contribution >= 4 is 17.1 Å². The van der Waals surface area contributed by atoms with Crippen molar-refractivity contribution in [2.24, 2.45) is 0 Å². The van der Waals surface area contributed by atoms with E-state index in [-0.39, 0.29) is 6.61 Å². The highest BCUT2D eigenvalue weighted by Gasteiger charge is 2.03. The number of nitrogens with zero attached hydrogens (tertiary/aromatic N) is 1. The van der Waals surface area contributed by atoms with E-state index in [9.17, 15) is 0 Å². The van der Waals surface area contributed by atoms with Gasteiger partial charge in [-0.3, -0.25) is 0 Å². The third-order valence-electron chi connectivity index (χ3n) is 3.52. The van der Waals surface area contributed by atoms with Crippen molar-refractivity contribution in [3.8, 4) is 0 Å². The molecule has 2 rings (SSSR count). The highest BCUT2D eigenvalue weighted by Crippen LogP contribution is 2.19. The quantitative estimate of drug-likeness (QED) is 0.685. The van der Waals surface area contributed by atoms with Crippen LogP contribution < -0.4 is 16.0 Å². The highest BCUT2D eigenvalue weighted by molar-refractivity contribution is 5.56. The van der Waals surface area contributed by atoms with Crippen LogP contribution in [0.5, 0.6) is 0 Å². The number of aliphatic hydroxyl groups excluding tert-OH is 1. The lowest BCUT2D eigenvalue weighted by Gasteiger charge is -2.22. The molecule has 0 radical (unpaired) electrons. The number of anilines is 3. The molecule has 21 heavy (non-hydrogen) atoms. The molecule has 4 nitrogen and oxygen atoms in total. The Bertz CT molecular complexity index is 554. The van der Waals surface area contributed by atoms with Crippen LogP contribution in [0.15, 0.2) is 48.5 Å². The molecule has 2 aromatic rings. The van der Waals surface area contributed by atoms with Crippen molar-refractivity contribution in [2.45, 2.75) is 13.5 Å². The zero-order valence-electron chi connectivity index (χ0n) is 12.4. The van der Waals surface area contributed by atoms with E-state index in [1.54, 1.807) is 0 Å². The third kappa shape index (κ3) is 4.13. The molecular weight excluding hydrogens is 262 g/mol. The monoisotopic (exact) mass is 285 g/mol. The van der Waals surface area contributed by atoms with Gasteiger partial charge in [0.15, 0.2) is 0 Å². The summed E-state index contributed by atoms with van der Waals surface area (Å²) in [6, 6.07) is 16.1. The van der Waals surface area contributed by atoms with Crippen LogP contribution in [0, 0.1) is 0 Å². The highest BCUT2D eigenvalue weighted by atomic mass is 16.3. The second-order valence-electron chi connectivity index (χ2n) is 4.90. The standard InChI is InChI=1S/C17H23N3O/c1-2-20(11-12-21)16-9-7-15(8-10-16)19-13-14-5-3-4-6-17(14)18/h3-10,19,21H,2,11-13,18H2,1H3. The van der Waals surface area contributed by atoms with Gasteiger partial charge in [0.1, 0.15) is 0 Å². The molecule has 0 atom stereocenters. The number of benzene rings is 2. The molecule has 112 valence electrons. The van der Waals surface area contributed by atoms with Crippen LogP contribution in [-0.4, -0.2) is 24.8 Å². The van der Waals surface area contributed by atoms with E-state index in [4.69, 9.17) is 10.8 Å². The molecule has 2 aromatic carbocycles. The van der Waals surface area contributed by atoms with E-state index >= 15 is 0 Å². The number of likely N-dealkylation sites (N-methyl/N-ethyl adjacent to an activating group) is 1. The van der Waals surface area contributed by atoms with Crippen molar-refractivity contribution in [1.29, 1.82) is 0 Å². The van der Waals surface area contributed by atoms with Gasteiger partial charge in [-0.05, 0) is 42.8 Å². The van der Waals surface area contributed by atoms with Gasteiger partial charge in [0, 0.05) is 36.7 Å². The Morgan fingerprint density at radius 2 is 1.81 bits per heavy atom. The number of nitrogens with one attached hydrogen (secondary N) is 1. The molecule has 0 saturated heterocycles. The summed E-state index contributed by atoms with van der Waals surface area (Å²) in [5, 5.41) is 12.4. The molecule has 0 amide bonds. The van der Waals surface area contributed by atoms with Crippen LogP contribution >= 0.6 is 0 Å². The van der Waals surface area contributed by atoms with Crippen molar-refractivity contribution < 1.29 is 5.11 Å². The molecule has 0 aliphatic carbocycles. The van der Waals surface area contributed by atoms with Gasteiger partial charge in [0.2, 0.25) is 0 Å². The minimum Gasteiger partial charge on any atom is -0.398 e. The first-order chi connectivity index (χ1) is 10.2. The Kier molecular flexibility index (Phi) is 5.46. The lowest BCUT2D eigenvalue weighted by atomic mass is 10.2. The van der Waals surface area contributed by atoms with Gasteiger partial charge in [-0.25, -0.2) is 0 Å². The van der Waals surface area contributed by atoms with Crippen molar-refractivity contribution in [3.63, 3.8) is 0 Å². The lowest BCUT2D eigenvalue weighted by Crippen LogP contribution is -2.25. The summed E-state index contributed by atoms with van der Waals surface area (Å²) in [5.41, 5.74) is 10.0. The molecule has 0 aromatic heterocycles. The van der Waals surface area contributed by atoms with Crippen LogP contribution in [0.25, 0.3) is 0 Å². The molecule has 0 bridgehead atoms. The fourth-order valence-electron chi connectivity index (χ4n) is 2.27. The summed E-state index contributed by atoms with van der Waals surface area (Å²) in [5.74, 6) is 0. The zero-order chi connectivity index (χ0) is 15.1. The molecule has 0 aliphatic rings. The number of nitrogen functional groups attached to an aromatic ring is 1. The second kappa shape index (κ2) is 7.55. The minimum atomic E-state index is 0.168. The predicted molar refractivity (Wildman–Crippen MR) is 89.6 cm³/mol. The van der Waals surface area contributed by atoms with Crippen LogP contribution in [0.4, 0.5) is 17.1 Å². The van der Waals surface area contributed by atoms with Crippen LogP contribution in [0.2, 0.25) is 0 Å². The van der Waals surface area contributed by atoms with Gasteiger partial charge in [-0.2, -0.15) is 0 Å². The van der Waals surface area contributed by atoms with Gasteiger partial charge in [0.05, 0.1) is 6.61 Å². The number of hydrogen-bond acceptors (Lipinski definition) is 4. The van der Waals surface area contributed by atoms with Gasteiger partial charge in [-0.1, -0.05) is 18.2 Å². The zero-order valence-corrected chi connectivity index (χ0v) is 12.4. The maximum absolute atomic E-state index is 9.05. The minimum absolute atomic E-state index is 0.168. The Morgan fingerprint density at radius 3 is 2.43 bits per heavy atom. The number of aliphatic hydroxyl groups is 1. The number of hydrogen-bond donors (Lipinski definition) is 3. The molecule has 0 aliphatic heterocycles. The molecule has 4 N–H and O–H groups in total. The molecule has 4 heteroatoms. The van der Waals surface area contributed by atoms with Crippen molar-refractivity contribution in [3.05, 3.63) is 54.1 Å². The fourth-order valence-corrected chi connectivity index (χ4v) is 2.27. The molecule has 0 heterocycles. The maximum atomic E-state index is 9.05. The average molecular weight is 285 g/mol. The number of nitrogens with two attached hydrogens (primary N) is 1. The summed E-state index contributed by atoms with van der Waals surface area (Å²) >= 11 is 0. The van der Waals surface area contributed by atoms with E-state index in [2.05, 4.69) is 41.4 Å². The maximum Gasteiger partial charge on any atom is 0.0606 e. The van der Waals surface area contributed by atoms with Gasteiger partial charge >= 0.3 is 0 Å². The topological polar surface area (TPSA) is 61.5 Å². The van der Waals surface area contributed by atoms with Gasteiger partial charge in [-0.15, -0.1) is 0 Å². The largest absolute Gasteiger partial charge is 0.398 e. The van der Waals surface area contributed by atoms with Crippen LogP contribution in [0.1, 0.15) is 12.5 Å². The van der Waals surface area contributed by atoms with Crippen molar-refractivity contribution in [2.75, 3.05) is 35.6 Å². The summed E-state index contributed by atoms with van der Waals surface area (Å²) in [4.78, 5) is 2.14. The normalized spacial score (nSPS) is 10.4. The first-order valence-corrected chi connectivity index (χ1v) is 7.27. The van der Waals surface area contributed by atoms with Crippen LogP contribution in [-0.2, 0) is 6.54 Å². The van der Waals surface area contributed by atoms with E-state index in [1.807, 2.05) is 24.3 Å². The third-order valence-corrected chi connectivity index (χ3v) is 3.52. The van der Waals surface area contributed by atoms with Crippen molar-refractivity contribution in [1.82, 2.24) is 0 Å². The predicted octanol–water partition coefficient (Wildman–Crippen LogP) is 2.70. The summed E-state index contributed by atoms with van der Waals surface area (Å²) < 4.78 is 0. The van der Waals surface area contributed by atoms with E-state index in [0.29, 0.717) is 13.1 Å². The molecule has 0 spiro atoms. The van der Waals surface area contributed by atoms with E-state index in [0.717, 1.165) is 29.2 Å². The first-order valence-electron chi connectivity index (χ1n) is 7.27. The summed E-state index contributed by atoms with van der Waals surface area (Å²) in [7, 11) is 0. The molecule has 0 fully saturated rings. The first kappa shape index (κ1) is 15.2. The second-order valence-corrected chi connectivity index (χ2v) is 4.90. The average Bonchev–Trinajstić information content (AvgIpc) is 2.52. The summed E-state index contributed by atoms with van der Waals surface area (Å²) in [6.45, 7) is 4.50. The Hall–Kier alpha value is -2.20. The Labute approximate surface area is 126 Å². The Morgan fingerprint density at radius 1 is 1.10 bits per heavy atom. The molecule has 0 saturated carbocycles. The number of rotatable bonds is 7. The van der Waals surface area contributed by atoms with Gasteiger partial charge in [0.25, 0.3) is 0 Å². The molecular formula is C17H23N3O. The Balaban J connectivity index is 1.98. The molecule has 0 unspecified atom stereocenters. The summed E-state index contributed by atoms with van der Waals surface area (Å²) in [6.07, 6.45) is 0.